The second kappa shape index (κ2) is 5.38. The Kier molecular flexibility index (Phi) is 4.59. The number of likely N-dealkylation sites (tertiary alicyclic amines) is 1. The molecule has 0 aliphatic carbocycles. The molecule has 0 atom stereocenters. The summed E-state index contributed by atoms with van der Waals surface area (Å²) in [5.74, 6) is 0.142. The molecule has 0 aromatic heterocycles. The number of nitrogens with zero attached hydrogens (tertiary/aromatic N) is 1. The van der Waals surface area contributed by atoms with E-state index in [-0.39, 0.29) is 18.1 Å². The molecule has 0 aromatic rings. The van der Waals surface area contributed by atoms with Crippen LogP contribution in [0.3, 0.4) is 0 Å². The maximum absolute atomic E-state index is 12.0. The van der Waals surface area contributed by atoms with E-state index < -0.39 is 0 Å². The summed E-state index contributed by atoms with van der Waals surface area (Å²) in [6.45, 7) is 12.4. The second-order valence-corrected chi connectivity index (χ2v) is 6.17. The lowest BCUT2D eigenvalue weighted by molar-refractivity contribution is -0.140. The van der Waals surface area contributed by atoms with Gasteiger partial charge in [-0.2, -0.15) is 0 Å². The molecule has 1 rings (SSSR count). The van der Waals surface area contributed by atoms with Crippen molar-refractivity contribution in [1.82, 2.24) is 4.90 Å². The number of hydrogen-bond donors (Lipinski definition) is 0. The van der Waals surface area contributed by atoms with Crippen LogP contribution < -0.4 is 0 Å². The molecule has 17 heavy (non-hydrogen) atoms. The van der Waals surface area contributed by atoms with Crippen LogP contribution in [0.25, 0.3) is 0 Å². The van der Waals surface area contributed by atoms with Gasteiger partial charge in [0.2, 0.25) is 5.91 Å². The van der Waals surface area contributed by atoms with E-state index >= 15 is 0 Å². The molecule has 0 saturated carbocycles. The molecule has 1 heterocycles. The predicted octanol–water partition coefficient (Wildman–Crippen LogP) is 2.84. The molecule has 100 valence electrons. The van der Waals surface area contributed by atoms with Gasteiger partial charge in [0, 0.05) is 13.1 Å². The van der Waals surface area contributed by atoms with Crippen LogP contribution in [0, 0.1) is 5.41 Å². The number of hydrogen-bond acceptors (Lipinski definition) is 2. The van der Waals surface area contributed by atoms with Crippen molar-refractivity contribution in [1.29, 1.82) is 0 Å². The SMILES string of the molecule is CCC1(CC)CCN(C(=O)COC(C)(C)C)C1. The van der Waals surface area contributed by atoms with E-state index in [0.717, 1.165) is 32.4 Å². The first kappa shape index (κ1) is 14.5. The largest absolute Gasteiger partial charge is 0.366 e. The zero-order chi connectivity index (χ0) is 13.1. The lowest BCUT2D eigenvalue weighted by atomic mass is 9.82. The van der Waals surface area contributed by atoms with E-state index in [1.165, 1.54) is 0 Å². The van der Waals surface area contributed by atoms with Crippen LogP contribution in [-0.2, 0) is 9.53 Å². The second-order valence-electron chi connectivity index (χ2n) is 6.17. The normalized spacial score (nSPS) is 19.7. The summed E-state index contributed by atoms with van der Waals surface area (Å²) in [7, 11) is 0. The topological polar surface area (TPSA) is 29.5 Å². The van der Waals surface area contributed by atoms with Crippen molar-refractivity contribution in [2.75, 3.05) is 19.7 Å². The molecule has 0 bridgehead atoms. The van der Waals surface area contributed by atoms with Gasteiger partial charge in [0.15, 0.2) is 0 Å². The van der Waals surface area contributed by atoms with Crippen LogP contribution >= 0.6 is 0 Å². The zero-order valence-corrected chi connectivity index (χ0v) is 12.0. The highest BCUT2D eigenvalue weighted by Gasteiger charge is 2.37. The van der Waals surface area contributed by atoms with Crippen LogP contribution in [0.15, 0.2) is 0 Å². The Balaban J connectivity index is 2.46. The highest BCUT2D eigenvalue weighted by Crippen LogP contribution is 2.36. The van der Waals surface area contributed by atoms with Crippen molar-refractivity contribution in [2.24, 2.45) is 5.41 Å². The molecule has 1 aliphatic heterocycles. The average Bonchev–Trinajstić information content (AvgIpc) is 2.70. The smallest absolute Gasteiger partial charge is 0.248 e. The van der Waals surface area contributed by atoms with Crippen LogP contribution in [0.4, 0.5) is 0 Å². The number of carbonyl (C=O) groups excluding carboxylic acids is 1. The third kappa shape index (κ3) is 3.98. The Morgan fingerprint density at radius 3 is 2.29 bits per heavy atom. The van der Waals surface area contributed by atoms with E-state index in [2.05, 4.69) is 13.8 Å². The van der Waals surface area contributed by atoms with Crippen molar-refractivity contribution in [3.05, 3.63) is 0 Å². The fourth-order valence-electron chi connectivity index (χ4n) is 2.34. The summed E-state index contributed by atoms with van der Waals surface area (Å²) in [6.07, 6.45) is 3.46. The van der Waals surface area contributed by atoms with Gasteiger partial charge in [0.25, 0.3) is 0 Å². The first-order chi connectivity index (χ1) is 7.82. The maximum atomic E-state index is 12.0. The third-order valence-electron chi connectivity index (χ3n) is 3.92. The fraction of sp³-hybridized carbons (Fsp3) is 0.929. The van der Waals surface area contributed by atoms with Crippen molar-refractivity contribution in [3.63, 3.8) is 0 Å². The van der Waals surface area contributed by atoms with Gasteiger partial charge in [-0.1, -0.05) is 13.8 Å². The molecule has 3 nitrogen and oxygen atoms in total. The number of amides is 1. The van der Waals surface area contributed by atoms with Gasteiger partial charge in [-0.15, -0.1) is 0 Å². The maximum Gasteiger partial charge on any atom is 0.248 e. The van der Waals surface area contributed by atoms with Crippen LogP contribution in [0.5, 0.6) is 0 Å². The molecular formula is C14H27NO2. The molecule has 3 heteroatoms. The standard InChI is InChI=1S/C14H27NO2/c1-6-14(7-2)8-9-15(11-14)12(16)10-17-13(3,4)5/h6-11H2,1-5H3. The Morgan fingerprint density at radius 1 is 1.29 bits per heavy atom. The molecule has 1 fully saturated rings. The number of rotatable bonds is 4. The van der Waals surface area contributed by atoms with E-state index in [1.54, 1.807) is 0 Å². The molecule has 0 radical (unpaired) electrons. The first-order valence-electron chi connectivity index (χ1n) is 6.73. The minimum absolute atomic E-state index is 0.142. The van der Waals surface area contributed by atoms with Crippen molar-refractivity contribution in [3.8, 4) is 0 Å². The quantitative estimate of drug-likeness (QED) is 0.757. The Morgan fingerprint density at radius 2 is 1.88 bits per heavy atom. The average molecular weight is 241 g/mol. The lowest BCUT2D eigenvalue weighted by Crippen LogP contribution is -2.36. The molecule has 1 saturated heterocycles. The molecule has 1 amide bonds. The summed E-state index contributed by atoms with van der Waals surface area (Å²) in [4.78, 5) is 14.0. The van der Waals surface area contributed by atoms with Crippen LogP contribution in [-0.4, -0.2) is 36.1 Å². The Bertz CT molecular complexity index is 264. The Labute approximate surface area is 106 Å². The van der Waals surface area contributed by atoms with Gasteiger partial charge < -0.3 is 9.64 Å². The van der Waals surface area contributed by atoms with E-state index in [9.17, 15) is 4.79 Å². The number of carbonyl (C=O) groups is 1. The molecule has 1 aliphatic rings. The van der Waals surface area contributed by atoms with Gasteiger partial charge in [-0.25, -0.2) is 0 Å². The Hall–Kier alpha value is -0.570. The van der Waals surface area contributed by atoms with Gasteiger partial charge in [-0.05, 0) is 45.4 Å². The van der Waals surface area contributed by atoms with Gasteiger partial charge in [0.1, 0.15) is 6.61 Å². The molecule has 0 aromatic carbocycles. The minimum atomic E-state index is -0.234. The predicted molar refractivity (Wildman–Crippen MR) is 69.9 cm³/mol. The monoisotopic (exact) mass is 241 g/mol. The summed E-state index contributed by atoms with van der Waals surface area (Å²) >= 11 is 0. The van der Waals surface area contributed by atoms with Gasteiger partial charge in [-0.3, -0.25) is 4.79 Å². The lowest BCUT2D eigenvalue weighted by Gasteiger charge is -2.27. The van der Waals surface area contributed by atoms with Gasteiger partial charge >= 0.3 is 0 Å². The van der Waals surface area contributed by atoms with Crippen LogP contribution in [0.1, 0.15) is 53.9 Å². The van der Waals surface area contributed by atoms with Crippen molar-refractivity contribution in [2.45, 2.75) is 59.5 Å². The van der Waals surface area contributed by atoms with E-state index in [1.807, 2.05) is 25.7 Å². The molecule has 0 unspecified atom stereocenters. The van der Waals surface area contributed by atoms with Crippen LogP contribution in [0.2, 0.25) is 0 Å². The zero-order valence-electron chi connectivity index (χ0n) is 12.0. The first-order valence-corrected chi connectivity index (χ1v) is 6.73. The third-order valence-corrected chi connectivity index (χ3v) is 3.92. The highest BCUT2D eigenvalue weighted by molar-refractivity contribution is 5.77. The van der Waals surface area contributed by atoms with E-state index in [0.29, 0.717) is 5.41 Å². The highest BCUT2D eigenvalue weighted by atomic mass is 16.5. The molecular weight excluding hydrogens is 214 g/mol. The van der Waals surface area contributed by atoms with Gasteiger partial charge in [0.05, 0.1) is 5.60 Å². The fourth-order valence-corrected chi connectivity index (χ4v) is 2.34. The summed E-state index contributed by atoms with van der Waals surface area (Å²) in [5.41, 5.74) is 0.124. The summed E-state index contributed by atoms with van der Waals surface area (Å²) < 4.78 is 5.55. The minimum Gasteiger partial charge on any atom is -0.366 e. The summed E-state index contributed by atoms with van der Waals surface area (Å²) in [5, 5.41) is 0. The van der Waals surface area contributed by atoms with Crippen molar-refractivity contribution >= 4 is 5.91 Å². The van der Waals surface area contributed by atoms with Crippen molar-refractivity contribution < 1.29 is 9.53 Å². The molecule has 0 N–H and O–H groups in total. The number of ether oxygens (including phenoxy) is 1. The summed E-state index contributed by atoms with van der Waals surface area (Å²) in [6, 6.07) is 0. The van der Waals surface area contributed by atoms with E-state index in [4.69, 9.17) is 4.74 Å². The molecule has 0 spiro atoms.